The zero-order valence-electron chi connectivity index (χ0n) is 12.8. The summed E-state index contributed by atoms with van der Waals surface area (Å²) in [6.45, 7) is 2.26. The van der Waals surface area contributed by atoms with Crippen molar-refractivity contribution in [2.24, 2.45) is 5.73 Å². The topological polar surface area (TPSA) is 77.2 Å². The van der Waals surface area contributed by atoms with Gasteiger partial charge in [-0.25, -0.2) is 9.37 Å². The molecule has 1 heterocycles. The van der Waals surface area contributed by atoms with Crippen molar-refractivity contribution in [3.63, 3.8) is 0 Å². The molecule has 0 spiro atoms. The number of ether oxygens (including phenoxy) is 1. The van der Waals surface area contributed by atoms with Crippen molar-refractivity contribution in [1.82, 2.24) is 10.3 Å². The predicted octanol–water partition coefficient (Wildman–Crippen LogP) is 2.70. The molecule has 0 aliphatic heterocycles. The third-order valence-electron chi connectivity index (χ3n) is 3.15. The van der Waals surface area contributed by atoms with E-state index in [2.05, 4.69) is 10.3 Å². The number of nitrogens with zero attached hydrogens (tertiary/aromatic N) is 1. The number of thiazole rings is 1. The fourth-order valence-corrected chi connectivity index (χ4v) is 2.84. The zero-order chi connectivity index (χ0) is 16.1. The minimum absolute atomic E-state index is 0. The van der Waals surface area contributed by atoms with Gasteiger partial charge < -0.3 is 15.8 Å². The molecule has 0 aliphatic carbocycles. The maximum atomic E-state index is 13.4. The first-order chi connectivity index (χ1) is 10.5. The average Bonchev–Trinajstić information content (AvgIpc) is 2.96. The number of hydrogen-bond acceptors (Lipinski definition) is 5. The molecule has 126 valence electrons. The van der Waals surface area contributed by atoms with Gasteiger partial charge in [-0.05, 0) is 31.7 Å². The van der Waals surface area contributed by atoms with Gasteiger partial charge in [0, 0.05) is 17.4 Å². The summed E-state index contributed by atoms with van der Waals surface area (Å²) in [6, 6.07) is 3.80. The third kappa shape index (κ3) is 4.89. The van der Waals surface area contributed by atoms with Gasteiger partial charge in [-0.2, -0.15) is 0 Å². The first-order valence-corrected chi connectivity index (χ1v) is 7.72. The number of methoxy groups -OCH3 is 1. The van der Waals surface area contributed by atoms with Crippen LogP contribution in [-0.4, -0.2) is 24.5 Å². The van der Waals surface area contributed by atoms with Crippen LogP contribution in [0.3, 0.4) is 0 Å². The molecule has 0 saturated heterocycles. The second kappa shape index (κ2) is 8.81. The lowest BCUT2D eigenvalue weighted by molar-refractivity contribution is 0.0935. The van der Waals surface area contributed by atoms with Gasteiger partial charge in [-0.1, -0.05) is 0 Å². The zero-order valence-corrected chi connectivity index (χ0v) is 14.5. The van der Waals surface area contributed by atoms with E-state index in [1.807, 2.05) is 0 Å². The van der Waals surface area contributed by atoms with Gasteiger partial charge in [0.2, 0.25) is 0 Å². The summed E-state index contributed by atoms with van der Waals surface area (Å²) < 4.78 is 18.6. The fraction of sp³-hybridized carbons (Fsp3) is 0.333. The number of carbonyl (C=O) groups excluding carboxylic acids is 1. The summed E-state index contributed by atoms with van der Waals surface area (Å²) in [5.74, 6) is -0.162. The van der Waals surface area contributed by atoms with Gasteiger partial charge in [0.1, 0.15) is 17.3 Å². The maximum Gasteiger partial charge on any atom is 0.271 e. The lowest BCUT2D eigenvalue weighted by atomic mass is 10.1. The number of halogens is 2. The number of rotatable bonds is 6. The van der Waals surface area contributed by atoms with E-state index in [0.717, 1.165) is 5.01 Å². The number of carbonyl (C=O) groups is 1. The predicted molar refractivity (Wildman–Crippen MR) is 91.0 cm³/mol. The van der Waals surface area contributed by atoms with Crippen molar-refractivity contribution < 1.29 is 13.9 Å². The van der Waals surface area contributed by atoms with E-state index in [9.17, 15) is 9.18 Å². The molecule has 1 aromatic carbocycles. The van der Waals surface area contributed by atoms with E-state index in [0.29, 0.717) is 30.0 Å². The lowest BCUT2D eigenvalue weighted by Gasteiger charge is -2.16. The van der Waals surface area contributed by atoms with Crippen molar-refractivity contribution in [2.75, 3.05) is 13.7 Å². The molecule has 0 saturated carbocycles. The molecule has 8 heteroatoms. The molecule has 23 heavy (non-hydrogen) atoms. The van der Waals surface area contributed by atoms with Crippen LogP contribution in [0.2, 0.25) is 0 Å². The van der Waals surface area contributed by atoms with Crippen LogP contribution in [0.15, 0.2) is 23.6 Å². The van der Waals surface area contributed by atoms with E-state index in [4.69, 9.17) is 10.5 Å². The van der Waals surface area contributed by atoms with Gasteiger partial charge in [0.05, 0.1) is 18.2 Å². The quantitative estimate of drug-likeness (QED) is 0.831. The summed E-state index contributed by atoms with van der Waals surface area (Å²) in [5.41, 5.74) is 6.39. The van der Waals surface area contributed by atoms with Gasteiger partial charge >= 0.3 is 0 Å². The number of aromatic nitrogens is 1. The van der Waals surface area contributed by atoms with Crippen LogP contribution >= 0.6 is 23.7 Å². The van der Waals surface area contributed by atoms with Crippen molar-refractivity contribution in [2.45, 2.75) is 19.4 Å². The Kier molecular flexibility index (Phi) is 7.41. The molecule has 0 fully saturated rings. The summed E-state index contributed by atoms with van der Waals surface area (Å²) in [5, 5.41) is 5.31. The van der Waals surface area contributed by atoms with Crippen LogP contribution in [0.4, 0.5) is 4.39 Å². The van der Waals surface area contributed by atoms with E-state index >= 15 is 0 Å². The highest BCUT2D eigenvalue weighted by atomic mass is 35.5. The Morgan fingerprint density at radius 1 is 1.52 bits per heavy atom. The lowest BCUT2D eigenvalue weighted by Crippen LogP contribution is -2.27. The van der Waals surface area contributed by atoms with Crippen molar-refractivity contribution in [3.05, 3.63) is 45.7 Å². The van der Waals surface area contributed by atoms with Gasteiger partial charge in [0.25, 0.3) is 5.91 Å². The van der Waals surface area contributed by atoms with Gasteiger partial charge in [-0.3, -0.25) is 4.79 Å². The molecule has 5 nitrogen and oxygen atoms in total. The number of benzene rings is 1. The molecule has 2 aromatic rings. The number of nitrogens with one attached hydrogen (secondary N) is 1. The Balaban J connectivity index is 0.00000264. The molecule has 1 aromatic heterocycles. The number of nitrogens with two attached hydrogens (primary N) is 1. The Morgan fingerprint density at radius 2 is 2.26 bits per heavy atom. The second-order valence-corrected chi connectivity index (χ2v) is 5.69. The minimum Gasteiger partial charge on any atom is -0.496 e. The monoisotopic (exact) mass is 359 g/mol. The molecule has 0 aliphatic rings. The molecule has 2 rings (SSSR count). The first kappa shape index (κ1) is 19.3. The Hall–Kier alpha value is -1.70. The standard InChI is InChI=1S/C15H18FN3O2S.ClH/c1-9(11-7-10(16)3-4-13(11)21-2)18-15(20)12-8-22-14(19-12)5-6-17;/h3-4,7-9H,5-6,17H2,1-2H3,(H,18,20);1H. The first-order valence-electron chi connectivity index (χ1n) is 6.84. The smallest absolute Gasteiger partial charge is 0.271 e. The highest BCUT2D eigenvalue weighted by molar-refractivity contribution is 7.09. The maximum absolute atomic E-state index is 13.4. The van der Waals surface area contributed by atoms with Crippen molar-refractivity contribution in [1.29, 1.82) is 0 Å². The molecular formula is C15H19ClFN3O2S. The molecule has 1 atom stereocenters. The van der Waals surface area contributed by atoms with E-state index in [1.165, 1.54) is 36.6 Å². The van der Waals surface area contributed by atoms with Crippen molar-refractivity contribution >= 4 is 29.7 Å². The summed E-state index contributed by atoms with van der Waals surface area (Å²) >= 11 is 1.40. The minimum atomic E-state index is -0.405. The Labute approximate surface area is 144 Å². The van der Waals surface area contributed by atoms with E-state index in [1.54, 1.807) is 12.3 Å². The second-order valence-electron chi connectivity index (χ2n) is 4.75. The van der Waals surface area contributed by atoms with Crippen molar-refractivity contribution in [3.8, 4) is 5.75 Å². The Morgan fingerprint density at radius 3 is 2.91 bits per heavy atom. The van der Waals surface area contributed by atoms with E-state index in [-0.39, 0.29) is 24.1 Å². The van der Waals surface area contributed by atoms with Crippen LogP contribution in [-0.2, 0) is 6.42 Å². The summed E-state index contributed by atoms with van der Waals surface area (Å²) in [6.07, 6.45) is 0.644. The summed E-state index contributed by atoms with van der Waals surface area (Å²) in [4.78, 5) is 16.4. The molecule has 3 N–H and O–H groups in total. The SMILES string of the molecule is COc1ccc(F)cc1C(C)NC(=O)c1csc(CCN)n1.Cl. The van der Waals surface area contributed by atoms with Crippen LogP contribution in [0.1, 0.15) is 34.0 Å². The van der Waals surface area contributed by atoms with Crippen LogP contribution in [0.5, 0.6) is 5.75 Å². The third-order valence-corrected chi connectivity index (χ3v) is 4.06. The van der Waals surface area contributed by atoms with Crippen LogP contribution in [0, 0.1) is 5.82 Å². The highest BCUT2D eigenvalue weighted by Crippen LogP contribution is 2.26. The normalized spacial score (nSPS) is 11.5. The number of amides is 1. The van der Waals surface area contributed by atoms with Crippen LogP contribution < -0.4 is 15.8 Å². The molecular weight excluding hydrogens is 341 g/mol. The molecule has 0 bridgehead atoms. The Bertz CT molecular complexity index is 666. The fourth-order valence-electron chi connectivity index (χ4n) is 2.05. The van der Waals surface area contributed by atoms with Gasteiger partial charge in [-0.15, -0.1) is 23.7 Å². The molecule has 1 unspecified atom stereocenters. The summed E-state index contributed by atoms with van der Waals surface area (Å²) in [7, 11) is 1.50. The number of hydrogen-bond donors (Lipinski definition) is 2. The molecule has 1 amide bonds. The van der Waals surface area contributed by atoms with Gasteiger partial charge in [0.15, 0.2) is 0 Å². The molecule has 0 radical (unpaired) electrons. The average molecular weight is 360 g/mol. The van der Waals surface area contributed by atoms with E-state index < -0.39 is 6.04 Å². The highest BCUT2D eigenvalue weighted by Gasteiger charge is 2.17. The largest absolute Gasteiger partial charge is 0.496 e. The van der Waals surface area contributed by atoms with Crippen LogP contribution in [0.25, 0.3) is 0 Å².